The summed E-state index contributed by atoms with van der Waals surface area (Å²) in [6.07, 6.45) is 11.1. The predicted molar refractivity (Wildman–Crippen MR) is 46.3 cm³/mol. The minimum Gasteiger partial charge on any atom is -0.0530 e. The van der Waals surface area contributed by atoms with E-state index in [0.29, 0.717) is 0 Å². The molecule has 0 aromatic rings. The monoisotopic (exact) mass is 150 g/mol. The van der Waals surface area contributed by atoms with Gasteiger partial charge in [0.1, 0.15) is 0 Å². The molecule has 11 heavy (non-hydrogen) atoms. The van der Waals surface area contributed by atoms with Crippen LogP contribution in [0.2, 0.25) is 0 Å². The fourth-order valence-electron chi connectivity index (χ4n) is 4.19. The Morgan fingerprint density at radius 3 is 2.36 bits per heavy atom. The largest absolute Gasteiger partial charge is 0.0530 e. The zero-order valence-corrected chi connectivity index (χ0v) is 7.26. The molecule has 0 aliphatic heterocycles. The van der Waals surface area contributed by atoms with Gasteiger partial charge in [0.15, 0.2) is 0 Å². The summed E-state index contributed by atoms with van der Waals surface area (Å²) in [7, 11) is 0. The van der Waals surface area contributed by atoms with Crippen molar-refractivity contribution < 1.29 is 0 Å². The standard InChI is InChI=1S/C11H18/c1-2-4-10-9-5-6-11(10)8(3-1)7-9/h8-11H,1-7H2. The third-order valence-corrected chi connectivity index (χ3v) is 4.60. The van der Waals surface area contributed by atoms with E-state index in [1.807, 2.05) is 0 Å². The van der Waals surface area contributed by atoms with Gasteiger partial charge in [-0.15, -0.1) is 0 Å². The molecule has 3 rings (SSSR count). The first-order valence-electron chi connectivity index (χ1n) is 5.45. The molecule has 0 nitrogen and oxygen atoms in total. The number of hydrogen-bond donors (Lipinski definition) is 0. The van der Waals surface area contributed by atoms with Crippen molar-refractivity contribution in [1.82, 2.24) is 0 Å². The van der Waals surface area contributed by atoms with E-state index in [0.717, 1.165) is 0 Å². The maximum Gasteiger partial charge on any atom is -0.0355 e. The summed E-state index contributed by atoms with van der Waals surface area (Å²) in [6.45, 7) is 0. The Hall–Kier alpha value is 0. The van der Waals surface area contributed by atoms with Gasteiger partial charge in [-0.25, -0.2) is 0 Å². The first-order chi connectivity index (χ1) is 5.45. The molecule has 3 saturated carbocycles. The van der Waals surface area contributed by atoms with Crippen molar-refractivity contribution >= 4 is 0 Å². The summed E-state index contributed by atoms with van der Waals surface area (Å²) >= 11 is 0. The molecule has 3 fully saturated rings. The Balaban J connectivity index is 1.89. The van der Waals surface area contributed by atoms with Crippen LogP contribution in [0.25, 0.3) is 0 Å². The molecule has 0 heterocycles. The zero-order chi connectivity index (χ0) is 7.26. The van der Waals surface area contributed by atoms with Gasteiger partial charge in [-0.2, -0.15) is 0 Å². The van der Waals surface area contributed by atoms with Crippen molar-refractivity contribution in [1.29, 1.82) is 0 Å². The second-order valence-electron chi connectivity index (χ2n) is 4.95. The third-order valence-electron chi connectivity index (χ3n) is 4.60. The smallest absolute Gasteiger partial charge is 0.0355 e. The Labute approximate surface area is 69.4 Å². The van der Waals surface area contributed by atoms with Gasteiger partial charge in [0.05, 0.1) is 0 Å². The number of rotatable bonds is 0. The average molecular weight is 150 g/mol. The van der Waals surface area contributed by atoms with E-state index >= 15 is 0 Å². The summed E-state index contributed by atoms with van der Waals surface area (Å²) in [5.41, 5.74) is 0. The Morgan fingerprint density at radius 2 is 1.36 bits per heavy atom. The first-order valence-corrected chi connectivity index (χ1v) is 5.45. The predicted octanol–water partition coefficient (Wildman–Crippen LogP) is 3.22. The summed E-state index contributed by atoms with van der Waals surface area (Å²) in [4.78, 5) is 0. The van der Waals surface area contributed by atoms with E-state index in [-0.39, 0.29) is 0 Å². The lowest BCUT2D eigenvalue weighted by Gasteiger charge is -2.20. The molecule has 0 N–H and O–H groups in total. The molecule has 3 aliphatic rings. The van der Waals surface area contributed by atoms with E-state index in [1.165, 1.54) is 23.7 Å². The minimum absolute atomic E-state index is 1.18. The molecule has 0 saturated heterocycles. The topological polar surface area (TPSA) is 0 Å². The second kappa shape index (κ2) is 2.24. The highest BCUT2D eigenvalue weighted by Crippen LogP contribution is 2.57. The van der Waals surface area contributed by atoms with Crippen LogP contribution in [-0.4, -0.2) is 0 Å². The lowest BCUT2D eigenvalue weighted by molar-refractivity contribution is 0.311. The number of hydrogen-bond acceptors (Lipinski definition) is 0. The van der Waals surface area contributed by atoms with Crippen molar-refractivity contribution in [3.63, 3.8) is 0 Å². The molecule has 0 amide bonds. The van der Waals surface area contributed by atoms with Gasteiger partial charge in [0.25, 0.3) is 0 Å². The van der Waals surface area contributed by atoms with E-state index < -0.39 is 0 Å². The Kier molecular flexibility index (Phi) is 1.33. The maximum atomic E-state index is 1.62. The molecule has 0 radical (unpaired) electrons. The van der Waals surface area contributed by atoms with Crippen LogP contribution >= 0.6 is 0 Å². The molecular weight excluding hydrogens is 132 g/mol. The van der Waals surface area contributed by atoms with Crippen molar-refractivity contribution in [3.05, 3.63) is 0 Å². The van der Waals surface area contributed by atoms with Crippen molar-refractivity contribution in [2.24, 2.45) is 23.7 Å². The molecule has 0 heteroatoms. The molecular formula is C11H18. The zero-order valence-electron chi connectivity index (χ0n) is 7.26. The van der Waals surface area contributed by atoms with Crippen molar-refractivity contribution in [2.75, 3.05) is 0 Å². The first kappa shape index (κ1) is 6.51. The van der Waals surface area contributed by atoms with Gasteiger partial charge in [-0.1, -0.05) is 19.3 Å². The Morgan fingerprint density at radius 1 is 0.636 bits per heavy atom. The van der Waals surface area contributed by atoms with Crippen LogP contribution in [0.3, 0.4) is 0 Å². The van der Waals surface area contributed by atoms with E-state index in [2.05, 4.69) is 0 Å². The molecule has 0 aromatic carbocycles. The third kappa shape index (κ3) is 0.816. The minimum atomic E-state index is 1.18. The van der Waals surface area contributed by atoms with Gasteiger partial charge < -0.3 is 0 Å². The molecule has 4 bridgehead atoms. The van der Waals surface area contributed by atoms with Crippen LogP contribution in [0.15, 0.2) is 0 Å². The summed E-state index contributed by atoms with van der Waals surface area (Å²) in [5, 5.41) is 0. The maximum absolute atomic E-state index is 1.62. The molecule has 62 valence electrons. The average Bonchev–Trinajstić information content (AvgIpc) is 2.42. The van der Waals surface area contributed by atoms with Crippen LogP contribution in [0.1, 0.15) is 44.9 Å². The molecule has 4 unspecified atom stereocenters. The lowest BCUT2D eigenvalue weighted by atomic mass is 9.86. The normalized spacial score (nSPS) is 54.5. The van der Waals surface area contributed by atoms with Crippen molar-refractivity contribution in [2.45, 2.75) is 44.9 Å². The van der Waals surface area contributed by atoms with Crippen LogP contribution < -0.4 is 0 Å². The fourth-order valence-corrected chi connectivity index (χ4v) is 4.19. The second-order valence-corrected chi connectivity index (χ2v) is 4.95. The highest BCUT2D eigenvalue weighted by molar-refractivity contribution is 4.97. The fraction of sp³-hybridized carbons (Fsp3) is 1.00. The summed E-state index contributed by atoms with van der Waals surface area (Å²) < 4.78 is 0. The van der Waals surface area contributed by atoms with Crippen LogP contribution in [0.4, 0.5) is 0 Å². The summed E-state index contributed by atoms with van der Waals surface area (Å²) in [6, 6.07) is 0. The van der Waals surface area contributed by atoms with Crippen LogP contribution in [-0.2, 0) is 0 Å². The SMILES string of the molecule is C1CCC2C3CCC2C(C1)C3. The van der Waals surface area contributed by atoms with Crippen LogP contribution in [0.5, 0.6) is 0 Å². The van der Waals surface area contributed by atoms with Gasteiger partial charge in [-0.05, 0) is 49.4 Å². The highest BCUT2D eigenvalue weighted by atomic mass is 14.5. The van der Waals surface area contributed by atoms with E-state index in [4.69, 9.17) is 0 Å². The quantitative estimate of drug-likeness (QED) is 0.497. The van der Waals surface area contributed by atoms with E-state index in [9.17, 15) is 0 Å². The molecule has 0 aromatic heterocycles. The van der Waals surface area contributed by atoms with Crippen molar-refractivity contribution in [3.8, 4) is 0 Å². The van der Waals surface area contributed by atoms with Gasteiger partial charge in [-0.3, -0.25) is 0 Å². The van der Waals surface area contributed by atoms with Crippen LogP contribution in [0, 0.1) is 23.7 Å². The summed E-state index contributed by atoms with van der Waals surface area (Å²) in [5.74, 6) is 4.76. The lowest BCUT2D eigenvalue weighted by Crippen LogP contribution is -2.09. The highest BCUT2D eigenvalue weighted by Gasteiger charge is 2.47. The Bertz CT molecular complexity index is 161. The molecule has 3 aliphatic carbocycles. The molecule has 0 spiro atoms. The van der Waals surface area contributed by atoms with E-state index in [1.54, 1.807) is 44.9 Å². The molecule has 4 atom stereocenters. The van der Waals surface area contributed by atoms with Gasteiger partial charge >= 0.3 is 0 Å². The van der Waals surface area contributed by atoms with Gasteiger partial charge in [0.2, 0.25) is 0 Å². The van der Waals surface area contributed by atoms with Gasteiger partial charge in [0, 0.05) is 0 Å².